The average Bonchev–Trinajstić information content (AvgIpc) is 2.92. The maximum atomic E-state index is 12.5. The molecule has 40 heavy (non-hydrogen) atoms. The highest BCUT2D eigenvalue weighted by Gasteiger charge is 2.17. The van der Waals surface area contributed by atoms with E-state index in [9.17, 15) is 38.3 Å². The number of carbonyl (C=O) groups is 2. The van der Waals surface area contributed by atoms with Gasteiger partial charge in [-0.15, -0.1) is 0 Å². The van der Waals surface area contributed by atoms with E-state index in [2.05, 4.69) is 10.6 Å². The van der Waals surface area contributed by atoms with Crippen LogP contribution in [0.5, 0.6) is 0 Å². The van der Waals surface area contributed by atoms with Gasteiger partial charge in [0.05, 0.1) is 10.6 Å². The van der Waals surface area contributed by atoms with Crippen LogP contribution in [0, 0.1) is 0 Å². The quantitative estimate of drug-likeness (QED) is 0.135. The lowest BCUT2D eigenvalue weighted by molar-refractivity contribution is 0.101. The van der Waals surface area contributed by atoms with Crippen molar-refractivity contribution in [2.75, 3.05) is 10.6 Å². The molecular weight excluding hydrogens is 554 g/mol. The van der Waals surface area contributed by atoms with Crippen molar-refractivity contribution >= 4 is 61.1 Å². The number of rotatable bonds is 8. The number of hydrogen-bond donors (Lipinski definition) is 6. The Morgan fingerprint density at radius 3 is 1.07 bits per heavy atom. The summed E-state index contributed by atoms with van der Waals surface area (Å²) in [6.07, 6.45) is 3.69. The van der Waals surface area contributed by atoms with Gasteiger partial charge >= 0.3 is 15.2 Å². The Balaban J connectivity index is 1.33. The van der Waals surface area contributed by atoms with Crippen LogP contribution in [-0.4, -0.2) is 31.4 Å². The molecule has 4 aromatic carbocycles. The molecule has 0 aromatic heterocycles. The molecule has 0 spiro atoms. The van der Waals surface area contributed by atoms with Gasteiger partial charge in [-0.25, -0.2) is 0 Å². The maximum Gasteiger partial charge on any atom is 0.356 e. The van der Waals surface area contributed by atoms with Crippen LogP contribution >= 0.6 is 15.2 Å². The smallest absolute Gasteiger partial charge is 0.322 e. The molecule has 0 aliphatic heterocycles. The third-order valence-electron chi connectivity index (χ3n) is 5.74. The van der Waals surface area contributed by atoms with Gasteiger partial charge in [-0.1, -0.05) is 36.4 Å². The fraction of sp³-hybridized carbons (Fsp3) is 0. The largest absolute Gasteiger partial charge is 0.356 e. The molecule has 0 aliphatic rings. The van der Waals surface area contributed by atoms with E-state index in [4.69, 9.17) is 0 Å². The lowest BCUT2D eigenvalue weighted by Gasteiger charge is -2.08. The van der Waals surface area contributed by atoms with Gasteiger partial charge in [0.1, 0.15) is 0 Å². The van der Waals surface area contributed by atoms with Crippen molar-refractivity contribution in [3.63, 3.8) is 0 Å². The maximum absolute atomic E-state index is 12.5. The molecule has 6 N–H and O–H groups in total. The molecular formula is C28H24N2O8P2. The van der Waals surface area contributed by atoms with Crippen molar-refractivity contribution in [2.24, 2.45) is 0 Å². The van der Waals surface area contributed by atoms with Gasteiger partial charge in [0.15, 0.2) is 0 Å². The zero-order valence-corrected chi connectivity index (χ0v) is 22.5. The van der Waals surface area contributed by atoms with Gasteiger partial charge in [-0.05, 0) is 83.9 Å². The van der Waals surface area contributed by atoms with Crippen molar-refractivity contribution in [3.8, 4) is 0 Å². The second-order valence-electron chi connectivity index (χ2n) is 8.67. The molecule has 0 heterocycles. The summed E-state index contributed by atoms with van der Waals surface area (Å²) in [5.41, 5.74) is 3.29. The van der Waals surface area contributed by atoms with E-state index < -0.39 is 15.2 Å². The molecule has 2 amide bonds. The zero-order valence-electron chi connectivity index (χ0n) is 20.7. The van der Waals surface area contributed by atoms with E-state index in [1.165, 1.54) is 48.5 Å². The Morgan fingerprint density at radius 2 is 0.800 bits per heavy atom. The fourth-order valence-corrected chi connectivity index (χ4v) is 4.64. The zero-order chi connectivity index (χ0) is 28.9. The van der Waals surface area contributed by atoms with Crippen molar-refractivity contribution < 1.29 is 38.3 Å². The van der Waals surface area contributed by atoms with Gasteiger partial charge < -0.3 is 30.2 Å². The molecule has 0 saturated carbocycles. The summed E-state index contributed by atoms with van der Waals surface area (Å²) < 4.78 is 22.5. The SMILES string of the molecule is O=C(Nc1ccc(P(=O)(O)O)cc1)c1ccc(/C=C/c2ccc(C(=O)Nc3ccc(P(=O)(O)O)cc3)cc2)cc1. The number of benzene rings is 4. The van der Waals surface area contributed by atoms with E-state index >= 15 is 0 Å². The third-order valence-corrected chi connectivity index (χ3v) is 7.68. The molecule has 0 radical (unpaired) electrons. The van der Waals surface area contributed by atoms with Crippen molar-refractivity contribution in [3.05, 3.63) is 119 Å². The summed E-state index contributed by atoms with van der Waals surface area (Å²) in [4.78, 5) is 61.7. The number of anilines is 2. The fourth-order valence-electron chi connectivity index (χ4n) is 3.57. The summed E-state index contributed by atoms with van der Waals surface area (Å²) in [5, 5.41) is 5.09. The minimum Gasteiger partial charge on any atom is -0.322 e. The van der Waals surface area contributed by atoms with E-state index in [-0.39, 0.29) is 22.4 Å². The molecule has 10 nitrogen and oxygen atoms in total. The standard InChI is InChI=1S/C28H24N2O8P2/c31-27(29-23-11-15-25(16-12-23)39(33,34)35)21-7-3-19(4-8-21)1-2-20-5-9-22(10-6-20)28(32)30-24-13-17-26(18-14-24)40(36,37)38/h1-18H,(H,29,31)(H,30,32)(H2,33,34,35)(H2,36,37,38)/b2-1+. The Bertz CT molecular complexity index is 1510. The first kappa shape index (κ1) is 28.9. The van der Waals surface area contributed by atoms with Gasteiger partial charge in [-0.2, -0.15) is 0 Å². The molecule has 0 bridgehead atoms. The lowest BCUT2D eigenvalue weighted by atomic mass is 10.1. The second-order valence-corrected chi connectivity index (χ2v) is 11.9. The third kappa shape index (κ3) is 7.71. The minimum atomic E-state index is -4.35. The molecule has 0 aliphatic carbocycles. The summed E-state index contributed by atoms with van der Waals surface area (Å²) in [5.74, 6) is -0.739. The number of amides is 2. The Labute approximate surface area is 229 Å². The monoisotopic (exact) mass is 578 g/mol. The van der Waals surface area contributed by atoms with Gasteiger partial charge in [0.25, 0.3) is 11.8 Å². The minimum absolute atomic E-state index is 0.131. The van der Waals surface area contributed by atoms with Crippen LogP contribution < -0.4 is 21.2 Å². The summed E-state index contributed by atoms with van der Waals surface area (Å²) in [7, 11) is -8.70. The predicted molar refractivity (Wildman–Crippen MR) is 154 cm³/mol. The first-order valence-corrected chi connectivity index (χ1v) is 14.9. The van der Waals surface area contributed by atoms with Crippen LogP contribution in [0.15, 0.2) is 97.1 Å². The van der Waals surface area contributed by atoms with Crippen molar-refractivity contribution in [2.45, 2.75) is 0 Å². The number of nitrogens with one attached hydrogen (secondary N) is 2. The molecule has 0 saturated heterocycles. The Hall–Kier alpha value is -4.14. The molecule has 0 fully saturated rings. The van der Waals surface area contributed by atoms with Crippen LogP contribution in [0.1, 0.15) is 31.8 Å². The van der Waals surface area contributed by atoms with Crippen molar-refractivity contribution in [1.29, 1.82) is 0 Å². The molecule has 204 valence electrons. The van der Waals surface area contributed by atoms with Gasteiger partial charge in [-0.3, -0.25) is 18.7 Å². The van der Waals surface area contributed by atoms with Crippen LogP contribution in [0.25, 0.3) is 12.2 Å². The normalized spacial score (nSPS) is 11.8. The molecule has 4 rings (SSSR count). The van der Waals surface area contributed by atoms with E-state index in [0.29, 0.717) is 22.5 Å². The van der Waals surface area contributed by atoms with Crippen LogP contribution in [0.2, 0.25) is 0 Å². The highest BCUT2D eigenvalue weighted by molar-refractivity contribution is 7.60. The first-order chi connectivity index (χ1) is 18.9. The predicted octanol–water partition coefficient (Wildman–Crippen LogP) is 3.97. The average molecular weight is 578 g/mol. The Kier molecular flexibility index (Phi) is 8.61. The molecule has 4 aromatic rings. The van der Waals surface area contributed by atoms with E-state index in [0.717, 1.165) is 11.1 Å². The second kappa shape index (κ2) is 11.9. The number of hydrogen-bond acceptors (Lipinski definition) is 4. The highest BCUT2D eigenvalue weighted by Crippen LogP contribution is 2.34. The van der Waals surface area contributed by atoms with Crippen molar-refractivity contribution in [1.82, 2.24) is 0 Å². The van der Waals surface area contributed by atoms with Crippen LogP contribution in [0.3, 0.4) is 0 Å². The summed E-state index contributed by atoms with van der Waals surface area (Å²) in [6, 6.07) is 24.4. The van der Waals surface area contributed by atoms with E-state index in [1.807, 2.05) is 12.2 Å². The van der Waals surface area contributed by atoms with Crippen LogP contribution in [0.4, 0.5) is 11.4 Å². The lowest BCUT2D eigenvalue weighted by Crippen LogP contribution is -2.12. The Morgan fingerprint density at radius 1 is 0.500 bits per heavy atom. The van der Waals surface area contributed by atoms with Crippen LogP contribution in [-0.2, 0) is 9.13 Å². The summed E-state index contributed by atoms with van der Waals surface area (Å²) in [6.45, 7) is 0. The topological polar surface area (TPSA) is 173 Å². The molecule has 12 heteroatoms. The molecule has 0 atom stereocenters. The molecule has 0 unspecified atom stereocenters. The van der Waals surface area contributed by atoms with E-state index in [1.54, 1.807) is 48.5 Å². The van der Waals surface area contributed by atoms with Gasteiger partial charge in [0, 0.05) is 22.5 Å². The number of carbonyl (C=O) groups excluding carboxylic acids is 2. The summed E-state index contributed by atoms with van der Waals surface area (Å²) >= 11 is 0. The highest BCUT2D eigenvalue weighted by atomic mass is 31.2. The van der Waals surface area contributed by atoms with Gasteiger partial charge in [0.2, 0.25) is 0 Å². The first-order valence-electron chi connectivity index (χ1n) is 11.7.